The van der Waals surface area contributed by atoms with Gasteiger partial charge in [-0.2, -0.15) is 5.10 Å². The van der Waals surface area contributed by atoms with Gasteiger partial charge in [-0.3, -0.25) is 5.43 Å². The van der Waals surface area contributed by atoms with Gasteiger partial charge in [-0.25, -0.2) is 9.78 Å². The van der Waals surface area contributed by atoms with Gasteiger partial charge in [0.15, 0.2) is 0 Å². The third kappa shape index (κ3) is 6.06. The minimum atomic E-state index is -0.520. The second kappa shape index (κ2) is 11.4. The molecule has 0 spiro atoms. The highest BCUT2D eigenvalue weighted by Gasteiger charge is 2.14. The maximum Gasteiger partial charge on any atom is 0.343 e. The van der Waals surface area contributed by atoms with Crippen LogP contribution in [-0.2, 0) is 0 Å². The first-order valence-corrected chi connectivity index (χ1v) is 12.8. The van der Waals surface area contributed by atoms with Crippen LogP contribution in [0.5, 0.6) is 5.75 Å². The van der Waals surface area contributed by atoms with Gasteiger partial charge in [0.1, 0.15) is 5.75 Å². The lowest BCUT2D eigenvalue weighted by atomic mass is 10.1. The van der Waals surface area contributed by atoms with Gasteiger partial charge in [-0.1, -0.05) is 95.2 Å². The lowest BCUT2D eigenvalue weighted by Gasteiger charge is -2.05. The van der Waals surface area contributed by atoms with Crippen molar-refractivity contribution < 1.29 is 9.53 Å². The summed E-state index contributed by atoms with van der Waals surface area (Å²) >= 11 is 13.4. The van der Waals surface area contributed by atoms with Crippen LogP contribution in [0.25, 0.3) is 21.7 Å². The molecule has 0 amide bonds. The molecule has 0 saturated carbocycles. The van der Waals surface area contributed by atoms with E-state index < -0.39 is 5.97 Å². The van der Waals surface area contributed by atoms with E-state index in [4.69, 9.17) is 32.9 Å². The molecule has 0 aliphatic carbocycles. The molecule has 0 aliphatic rings. The molecule has 1 heterocycles. The molecule has 1 aromatic heterocycles. The van der Waals surface area contributed by atoms with Gasteiger partial charge >= 0.3 is 5.97 Å². The third-order valence-electron chi connectivity index (χ3n) is 5.33. The zero-order valence-electron chi connectivity index (χ0n) is 19.3. The molecule has 0 unspecified atom stereocenters. The van der Waals surface area contributed by atoms with E-state index in [1.54, 1.807) is 53.9 Å². The van der Waals surface area contributed by atoms with Crippen LogP contribution in [0.3, 0.4) is 0 Å². The van der Waals surface area contributed by atoms with E-state index in [1.807, 2.05) is 48.5 Å². The number of nitrogens with one attached hydrogen (secondary N) is 1. The fraction of sp³-hybridized carbons (Fsp3) is 0. The molecule has 0 fully saturated rings. The van der Waals surface area contributed by atoms with E-state index in [9.17, 15) is 4.79 Å². The highest BCUT2D eigenvalue weighted by Crippen LogP contribution is 2.38. The lowest BCUT2D eigenvalue weighted by Crippen LogP contribution is -2.08. The monoisotopic (exact) mass is 543 g/mol. The lowest BCUT2D eigenvalue weighted by molar-refractivity contribution is 0.0735. The second-order valence-corrected chi connectivity index (χ2v) is 9.70. The van der Waals surface area contributed by atoms with Crippen molar-refractivity contribution in [1.82, 2.24) is 4.98 Å². The average molecular weight is 544 g/mol. The minimum Gasteiger partial charge on any atom is -0.423 e. The number of benzene rings is 4. The third-order valence-corrected chi connectivity index (χ3v) is 7.08. The Morgan fingerprint density at radius 1 is 0.838 bits per heavy atom. The van der Waals surface area contributed by atoms with Gasteiger partial charge in [-0.05, 0) is 53.6 Å². The Kier molecular flexibility index (Phi) is 7.61. The number of carbonyl (C=O) groups is 1. The Hall–Kier alpha value is -3.97. The summed E-state index contributed by atoms with van der Waals surface area (Å²) in [4.78, 5) is 18.2. The molecule has 0 aliphatic heterocycles. The zero-order chi connectivity index (χ0) is 25.6. The van der Waals surface area contributed by atoms with Crippen molar-refractivity contribution in [2.75, 3.05) is 5.43 Å². The molecule has 0 saturated heterocycles. The summed E-state index contributed by atoms with van der Waals surface area (Å²) in [6.07, 6.45) is 1.68. The van der Waals surface area contributed by atoms with Gasteiger partial charge in [0, 0.05) is 5.56 Å². The van der Waals surface area contributed by atoms with Crippen molar-refractivity contribution in [2.24, 2.45) is 5.10 Å². The molecule has 8 heteroatoms. The molecule has 37 heavy (non-hydrogen) atoms. The summed E-state index contributed by atoms with van der Waals surface area (Å²) in [5.41, 5.74) is 7.23. The highest BCUT2D eigenvalue weighted by molar-refractivity contribution is 7.19. The van der Waals surface area contributed by atoms with Gasteiger partial charge in [0.2, 0.25) is 5.13 Å². The van der Waals surface area contributed by atoms with Crippen LogP contribution < -0.4 is 10.2 Å². The number of carbonyl (C=O) groups excluding carboxylic acids is 1. The number of nitrogens with zero attached hydrogens (tertiary/aromatic N) is 2. The van der Waals surface area contributed by atoms with Crippen molar-refractivity contribution in [3.63, 3.8) is 0 Å². The molecule has 5 aromatic rings. The van der Waals surface area contributed by atoms with Crippen molar-refractivity contribution in [3.05, 3.63) is 124 Å². The number of thiazole rings is 1. The molecule has 0 radical (unpaired) electrons. The number of rotatable bonds is 7. The van der Waals surface area contributed by atoms with Gasteiger partial charge in [-0.15, -0.1) is 0 Å². The van der Waals surface area contributed by atoms with Gasteiger partial charge in [0.05, 0.1) is 32.4 Å². The maximum absolute atomic E-state index is 12.4. The van der Waals surface area contributed by atoms with E-state index in [1.165, 1.54) is 6.07 Å². The SMILES string of the molecule is O=C(Oc1ccc(/C=N\Nc2nc(-c3ccccc3)c(-c3ccccc3)s2)cc1)c1ccc(Cl)c(Cl)c1. The number of ether oxygens (including phenoxy) is 1. The number of hydrazone groups is 1. The van der Waals surface area contributed by atoms with Crippen molar-refractivity contribution in [3.8, 4) is 27.4 Å². The molecule has 5 rings (SSSR count). The predicted molar refractivity (Wildman–Crippen MR) is 152 cm³/mol. The maximum atomic E-state index is 12.4. The van der Waals surface area contributed by atoms with E-state index in [-0.39, 0.29) is 0 Å². The first-order valence-electron chi connectivity index (χ1n) is 11.2. The number of aromatic nitrogens is 1. The summed E-state index contributed by atoms with van der Waals surface area (Å²) < 4.78 is 5.41. The minimum absolute atomic E-state index is 0.294. The Balaban J connectivity index is 1.27. The summed E-state index contributed by atoms with van der Waals surface area (Å²) in [5, 5.41) is 5.70. The Morgan fingerprint density at radius 3 is 2.19 bits per heavy atom. The summed E-state index contributed by atoms with van der Waals surface area (Å²) in [6, 6.07) is 31.8. The van der Waals surface area contributed by atoms with E-state index >= 15 is 0 Å². The Bertz CT molecular complexity index is 1500. The largest absolute Gasteiger partial charge is 0.423 e. The van der Waals surface area contributed by atoms with Gasteiger partial charge < -0.3 is 4.74 Å². The molecule has 1 N–H and O–H groups in total. The van der Waals surface area contributed by atoms with Crippen LogP contribution in [0.15, 0.2) is 108 Å². The number of hydrogen-bond acceptors (Lipinski definition) is 6. The van der Waals surface area contributed by atoms with E-state index in [0.29, 0.717) is 26.5 Å². The second-order valence-electron chi connectivity index (χ2n) is 7.89. The summed E-state index contributed by atoms with van der Waals surface area (Å²) in [7, 11) is 0. The van der Waals surface area contributed by atoms with Crippen LogP contribution in [0.4, 0.5) is 5.13 Å². The number of halogens is 2. The first-order chi connectivity index (χ1) is 18.1. The number of esters is 1. The fourth-order valence-corrected chi connectivity index (χ4v) is 4.76. The summed E-state index contributed by atoms with van der Waals surface area (Å²) in [5.74, 6) is -0.116. The smallest absolute Gasteiger partial charge is 0.343 e. The molecule has 4 aromatic carbocycles. The molecule has 5 nitrogen and oxygen atoms in total. The van der Waals surface area contributed by atoms with Crippen LogP contribution in [0, 0.1) is 0 Å². The van der Waals surface area contributed by atoms with Crippen molar-refractivity contribution >= 4 is 51.9 Å². The standard InChI is InChI=1S/C29H19Cl2N3O2S/c30-24-16-13-22(17-25(24)31)28(35)36-23-14-11-19(12-15-23)18-32-34-29-33-26(20-7-3-1-4-8-20)27(37-29)21-9-5-2-6-10-21/h1-18H,(H,33,34)/b32-18-. The van der Waals surface area contributed by atoms with Crippen molar-refractivity contribution in [2.45, 2.75) is 0 Å². The van der Waals surface area contributed by atoms with Crippen LogP contribution in [0.2, 0.25) is 10.0 Å². The number of anilines is 1. The summed E-state index contributed by atoms with van der Waals surface area (Å²) in [6.45, 7) is 0. The molecule has 0 bridgehead atoms. The van der Waals surface area contributed by atoms with Crippen LogP contribution in [0.1, 0.15) is 15.9 Å². The quantitative estimate of drug-likeness (QED) is 0.0967. The topological polar surface area (TPSA) is 63.6 Å². The fourth-order valence-electron chi connectivity index (χ4n) is 3.52. The van der Waals surface area contributed by atoms with E-state index in [2.05, 4.69) is 22.7 Å². The van der Waals surface area contributed by atoms with Crippen LogP contribution in [-0.4, -0.2) is 17.2 Å². The molecular weight excluding hydrogens is 525 g/mol. The average Bonchev–Trinajstić information content (AvgIpc) is 3.36. The zero-order valence-corrected chi connectivity index (χ0v) is 21.6. The Morgan fingerprint density at radius 2 is 1.51 bits per heavy atom. The van der Waals surface area contributed by atoms with Crippen molar-refractivity contribution in [1.29, 1.82) is 0 Å². The molecule has 182 valence electrons. The Labute approximate surface area is 228 Å². The van der Waals surface area contributed by atoms with Gasteiger partial charge in [0.25, 0.3) is 0 Å². The first kappa shape index (κ1) is 24.7. The number of hydrogen-bond donors (Lipinski definition) is 1. The van der Waals surface area contributed by atoms with Crippen LogP contribution >= 0.6 is 34.5 Å². The normalized spacial score (nSPS) is 11.0. The molecule has 0 atom stereocenters. The predicted octanol–water partition coefficient (Wildman–Crippen LogP) is 8.45. The molecular formula is C29H19Cl2N3O2S. The highest BCUT2D eigenvalue weighted by atomic mass is 35.5. The van der Waals surface area contributed by atoms with E-state index in [0.717, 1.165) is 27.3 Å².